The molecule has 0 radical (unpaired) electrons. The summed E-state index contributed by atoms with van der Waals surface area (Å²) in [5, 5.41) is 0. The summed E-state index contributed by atoms with van der Waals surface area (Å²) in [7, 11) is 0. The molecule has 0 saturated heterocycles. The normalized spacial score (nSPS) is 15.0. The van der Waals surface area contributed by atoms with Crippen molar-refractivity contribution in [1.82, 2.24) is 39.9 Å². The molecule has 6 aromatic heterocycles. The van der Waals surface area contributed by atoms with Gasteiger partial charge in [-0.3, -0.25) is 9.59 Å². The topological polar surface area (TPSA) is 149 Å². The molecular weight excluding hydrogens is 1200 g/mol. The lowest BCUT2D eigenvalue weighted by Crippen LogP contribution is -2.41. The number of benzene rings is 8. The Hall–Kier alpha value is -13.2. The molecule has 98 heavy (non-hydrogen) atoms. The molecule has 19 rings (SSSR count). The number of H-pyrrole nitrogens is 4. The Morgan fingerprint density at radius 1 is 0.265 bits per heavy atom. The van der Waals surface area contributed by atoms with Crippen LogP contribution in [0.3, 0.4) is 0 Å². The van der Waals surface area contributed by atoms with Crippen LogP contribution < -0.4 is 0 Å². The number of ketones is 2. The van der Waals surface area contributed by atoms with E-state index in [0.717, 1.165) is 112 Å². The highest BCUT2D eigenvalue weighted by Crippen LogP contribution is 2.62. The molecule has 1 aliphatic carbocycles. The lowest BCUT2D eigenvalue weighted by molar-refractivity contribution is 0.0831. The molecule has 5 aliphatic rings. The molecule has 10 heterocycles. The van der Waals surface area contributed by atoms with E-state index in [1.807, 2.05) is 182 Å². The van der Waals surface area contributed by atoms with Crippen molar-refractivity contribution >= 4 is 80.0 Å². The first-order chi connectivity index (χ1) is 48.4. The molecule has 4 aliphatic heterocycles. The second-order valence-corrected chi connectivity index (χ2v) is 25.3. The fourth-order valence-corrected chi connectivity index (χ4v) is 15.7. The Balaban J connectivity index is 1.01. The maximum absolute atomic E-state index is 18.1. The first-order valence-corrected chi connectivity index (χ1v) is 33.0. The third kappa shape index (κ3) is 8.74. The fourth-order valence-electron chi connectivity index (χ4n) is 15.7. The first-order valence-electron chi connectivity index (χ1n) is 33.0. The zero-order chi connectivity index (χ0) is 65.0. The monoisotopic (exact) mass is 1260 g/mol. The lowest BCUT2D eigenvalue weighted by Gasteiger charge is -2.31. The quantitative estimate of drug-likeness (QED) is 0.119. The van der Waals surface area contributed by atoms with Gasteiger partial charge >= 0.3 is 0 Å². The molecule has 16 bridgehead atoms. The van der Waals surface area contributed by atoms with E-state index in [1.54, 1.807) is 0 Å². The summed E-state index contributed by atoms with van der Waals surface area (Å²) in [6, 6.07) is 96.1. The summed E-state index contributed by atoms with van der Waals surface area (Å²) in [5.41, 5.74) is 21.9. The second kappa shape index (κ2) is 22.5. The van der Waals surface area contributed by atoms with E-state index < -0.39 is 11.3 Å². The highest BCUT2D eigenvalue weighted by Gasteiger charge is 2.64. The number of hydrogen-bond acceptors (Lipinski definition) is 6. The predicted octanol–water partition coefficient (Wildman–Crippen LogP) is 20.8. The van der Waals surface area contributed by atoms with Crippen molar-refractivity contribution < 1.29 is 9.59 Å². The minimum absolute atomic E-state index is 0.193. The van der Waals surface area contributed by atoms with Gasteiger partial charge in [-0.25, -0.2) is 19.9 Å². The number of carbonyl (C=O) groups is 2. The van der Waals surface area contributed by atoms with Crippen LogP contribution in [0, 0.1) is 0 Å². The van der Waals surface area contributed by atoms with Crippen LogP contribution in [-0.4, -0.2) is 51.4 Å². The van der Waals surface area contributed by atoms with E-state index in [9.17, 15) is 0 Å². The molecule has 0 spiro atoms. The smallest absolute Gasteiger partial charge is 0.199 e. The minimum atomic E-state index is -1.87. The van der Waals surface area contributed by atoms with Gasteiger partial charge in [-0.2, -0.15) is 0 Å². The standard InChI is InChI=1S/C88H56N8O2/c97-85-81(82-77(56-32-16-5-17-33-56)69-48-44-65(91-69)73(52-24-8-1-9-25-52)61-40-41-62(89-61)74(53-26-10-2-11-27-53)66-45-49-70(92-66)78(83(85)95-82)57-34-18-6-19-35-57)88-60-39-23-22-38-59(60)80-72-51-47-68(94-72)76(55-30-14-4-15-31-55)64-43-42-63(90-64)75(54-28-12-3-13-29-54)67-46-50-71(93-67)79(58-36-20-7-21-37-58)84(87(88)98)96-86(80)88/h1-51,81,91-94H. The summed E-state index contributed by atoms with van der Waals surface area (Å²) in [5.74, 6) is -2.03. The van der Waals surface area contributed by atoms with Crippen molar-refractivity contribution in [3.63, 3.8) is 0 Å². The number of carbonyl (C=O) groups excluding carboxylic acids is 2. The maximum atomic E-state index is 18.1. The molecule has 10 heteroatoms. The van der Waals surface area contributed by atoms with Gasteiger partial charge in [0.05, 0.1) is 40.1 Å². The number of nitrogens with one attached hydrogen (secondary N) is 4. The van der Waals surface area contributed by atoms with E-state index in [2.05, 4.69) is 147 Å². The van der Waals surface area contributed by atoms with Crippen LogP contribution >= 0.6 is 0 Å². The fraction of sp³-hybridized carbons (Fsp3) is 0.0227. The van der Waals surface area contributed by atoms with Crippen molar-refractivity contribution in [2.75, 3.05) is 0 Å². The SMILES string of the molecule is O=C1c2nc(c(-c3ccccc3)c3ccc([nH]3)c(-c3ccccc3)c3nc(c(-c4ccccc4)c4ccc([nH]4)c2-c2ccccc2)C=C3)C1C12C(=O)c3nc1c(c1ccc([nH]1)c(-c1ccccc1)c1nc(c(-c4ccccc4)c4ccc([nH]4)c3-c3ccccc3)C=C1)-c1ccccc12. The zero-order valence-electron chi connectivity index (χ0n) is 52.6. The highest BCUT2D eigenvalue weighted by atomic mass is 16.1. The van der Waals surface area contributed by atoms with Crippen LogP contribution in [0.5, 0.6) is 0 Å². The van der Waals surface area contributed by atoms with Crippen LogP contribution in [0.15, 0.2) is 285 Å². The Bertz CT molecular complexity index is 6070. The van der Waals surface area contributed by atoms with E-state index in [4.69, 9.17) is 19.9 Å². The molecular formula is C88H56N8O2. The van der Waals surface area contributed by atoms with Gasteiger partial charge < -0.3 is 19.9 Å². The molecule has 10 nitrogen and oxygen atoms in total. The Labute approximate surface area is 562 Å². The second-order valence-electron chi connectivity index (χ2n) is 25.3. The Morgan fingerprint density at radius 3 is 0.918 bits per heavy atom. The van der Waals surface area contributed by atoms with Crippen LogP contribution in [0.4, 0.5) is 0 Å². The van der Waals surface area contributed by atoms with Gasteiger partial charge in [-0.05, 0) is 123 Å². The van der Waals surface area contributed by atoms with Crippen LogP contribution in [0.25, 0.3) is 157 Å². The minimum Gasteiger partial charge on any atom is -0.354 e. The van der Waals surface area contributed by atoms with Crippen molar-refractivity contribution in [1.29, 1.82) is 0 Å². The maximum Gasteiger partial charge on any atom is 0.199 e. The zero-order valence-corrected chi connectivity index (χ0v) is 52.6. The van der Waals surface area contributed by atoms with E-state index in [1.165, 1.54) is 0 Å². The summed E-state index contributed by atoms with van der Waals surface area (Å²) in [6.07, 6.45) is 8.37. The Kier molecular flexibility index (Phi) is 12.9. The number of aromatic amines is 4. The lowest BCUT2D eigenvalue weighted by atomic mass is 9.64. The number of fused-ring (bicyclic) bond motifs is 19. The third-order valence-electron chi connectivity index (χ3n) is 19.8. The third-order valence-corrected chi connectivity index (χ3v) is 19.8. The van der Waals surface area contributed by atoms with E-state index >= 15 is 9.59 Å². The van der Waals surface area contributed by atoms with Crippen LogP contribution in [0.2, 0.25) is 0 Å². The number of nitrogens with zero attached hydrogens (tertiary/aromatic N) is 4. The van der Waals surface area contributed by atoms with Gasteiger partial charge in [0.15, 0.2) is 11.6 Å². The molecule has 460 valence electrons. The van der Waals surface area contributed by atoms with Crippen molar-refractivity contribution in [3.05, 3.63) is 336 Å². The van der Waals surface area contributed by atoms with Gasteiger partial charge in [0.25, 0.3) is 0 Å². The molecule has 2 atom stereocenters. The van der Waals surface area contributed by atoms with Crippen molar-refractivity contribution in [2.45, 2.75) is 11.3 Å². The van der Waals surface area contributed by atoms with Gasteiger partial charge in [0.2, 0.25) is 0 Å². The number of Topliss-reactive ketones (excluding diaryl/α,β-unsaturated/α-hetero) is 2. The molecule has 0 saturated carbocycles. The molecule has 8 aromatic carbocycles. The summed E-state index contributed by atoms with van der Waals surface area (Å²) < 4.78 is 0. The molecule has 4 N–H and O–H groups in total. The largest absolute Gasteiger partial charge is 0.354 e. The highest BCUT2D eigenvalue weighted by molar-refractivity contribution is 6.24. The van der Waals surface area contributed by atoms with Gasteiger partial charge in [-0.1, -0.05) is 237 Å². The molecule has 0 fully saturated rings. The summed E-state index contributed by atoms with van der Waals surface area (Å²) in [6.45, 7) is 0. The van der Waals surface area contributed by atoms with Crippen molar-refractivity contribution in [3.8, 4) is 89.0 Å². The summed E-state index contributed by atoms with van der Waals surface area (Å²) >= 11 is 0. The molecule has 0 amide bonds. The molecule has 2 unspecified atom stereocenters. The van der Waals surface area contributed by atoms with E-state index in [0.29, 0.717) is 61.3 Å². The van der Waals surface area contributed by atoms with Crippen LogP contribution in [0.1, 0.15) is 66.6 Å². The van der Waals surface area contributed by atoms with E-state index in [-0.39, 0.29) is 23.0 Å². The Morgan fingerprint density at radius 2 is 0.551 bits per heavy atom. The van der Waals surface area contributed by atoms with Crippen LogP contribution in [-0.2, 0) is 5.41 Å². The molecule has 14 aromatic rings. The number of hydrogen-bond donors (Lipinski definition) is 4. The average molecular weight is 1260 g/mol. The van der Waals surface area contributed by atoms with Gasteiger partial charge in [0, 0.05) is 88.6 Å². The summed E-state index contributed by atoms with van der Waals surface area (Å²) in [4.78, 5) is 74.6. The van der Waals surface area contributed by atoms with Gasteiger partial charge in [0.1, 0.15) is 16.8 Å². The predicted molar refractivity (Wildman–Crippen MR) is 396 cm³/mol. The number of rotatable bonds is 8. The number of aromatic nitrogens is 8. The average Bonchev–Trinajstić information content (AvgIpc) is 1.50. The van der Waals surface area contributed by atoms with Gasteiger partial charge in [-0.15, -0.1) is 0 Å². The first kappa shape index (κ1) is 56.4. The van der Waals surface area contributed by atoms with Crippen molar-refractivity contribution in [2.24, 2.45) is 0 Å².